The first-order valence-electron chi connectivity index (χ1n) is 31.8. The largest absolute Gasteiger partial charge is 0.426 e. The quantitative estimate of drug-likeness (QED) is 0.0446. The smallest absolute Gasteiger partial charge is 0.323 e. The maximum absolute atomic E-state index is 13.4. The summed E-state index contributed by atoms with van der Waals surface area (Å²) < 4.78 is 11.6. The highest BCUT2D eigenvalue weighted by molar-refractivity contribution is 6.01. The number of hydrogen-bond donors (Lipinski definition) is 6. The Bertz CT molecular complexity index is 4120. The lowest BCUT2D eigenvalue weighted by Gasteiger charge is -2.17. The van der Waals surface area contributed by atoms with Crippen molar-refractivity contribution in [2.24, 2.45) is 0 Å². The fourth-order valence-corrected chi connectivity index (χ4v) is 10.9. The van der Waals surface area contributed by atoms with E-state index < -0.39 is 23.8 Å². The highest BCUT2D eigenvalue weighted by Gasteiger charge is 2.27. The molecule has 486 valence electrons. The van der Waals surface area contributed by atoms with Crippen LogP contribution in [0.2, 0.25) is 0 Å². The molecule has 0 saturated heterocycles. The molecule has 16 heteroatoms. The standard InChI is InChI=1S/C50H40N2O6.C32H28N4O4/c53-47(51-33-35-24-28-43(29-25-35)57-49(55)45(37-14-5-1-6-15-37)38-16-7-2-8-17-38)41-22-13-23-42(32-41)48(54)52-34-36-26-30-44(31-27-36)58-50(56)46(39-18-9-3-10-19-39)40-20-11-4-12-21-40;37-29-25-3-1-4-26(15-25)30(38)34-18-22-9-13-24(14-10-22)20-36-32(40)28-6-2-5-27(16-28)31(39)35-19-23-11-7-21(8-12-23)17-33-29/h1-32,45-46H,33-34H2,(H,51,53)(H,52,54);1-16H,17-20H2,(H,33,37)(H,34,38)(H,35,39)(H,36,40). The summed E-state index contributed by atoms with van der Waals surface area (Å²) in [6.45, 7) is 1.70. The second kappa shape index (κ2) is 32.8. The van der Waals surface area contributed by atoms with Crippen molar-refractivity contribution in [1.82, 2.24) is 31.9 Å². The lowest BCUT2D eigenvalue weighted by molar-refractivity contribution is -0.136. The minimum absolute atomic E-state index is 0.227. The average molecular weight is 1300 g/mol. The lowest BCUT2D eigenvalue weighted by Crippen LogP contribution is -2.26. The van der Waals surface area contributed by atoms with Crippen LogP contribution < -0.4 is 41.4 Å². The molecule has 98 heavy (non-hydrogen) atoms. The normalized spacial score (nSPS) is 12.3. The first-order chi connectivity index (χ1) is 47.8. The molecule has 11 aromatic rings. The molecule has 0 aliphatic carbocycles. The molecule has 4 aliphatic rings. The van der Waals surface area contributed by atoms with Gasteiger partial charge in [-0.25, -0.2) is 0 Å². The third-order valence-electron chi connectivity index (χ3n) is 16.2. The topological polar surface area (TPSA) is 227 Å². The van der Waals surface area contributed by atoms with E-state index in [0.717, 1.165) is 55.6 Å². The molecule has 4 heterocycles. The maximum atomic E-state index is 13.4. The van der Waals surface area contributed by atoms with Crippen molar-refractivity contribution in [2.45, 2.75) is 51.1 Å². The van der Waals surface area contributed by atoms with Gasteiger partial charge in [0.25, 0.3) is 35.4 Å². The molecule has 4 aliphatic heterocycles. The van der Waals surface area contributed by atoms with Gasteiger partial charge >= 0.3 is 11.9 Å². The molecule has 15 rings (SSSR count). The van der Waals surface area contributed by atoms with E-state index >= 15 is 0 Å². The van der Waals surface area contributed by atoms with E-state index in [-0.39, 0.29) is 48.5 Å². The van der Waals surface area contributed by atoms with Gasteiger partial charge in [0, 0.05) is 72.6 Å². The summed E-state index contributed by atoms with van der Waals surface area (Å²) in [5, 5.41) is 17.3. The predicted octanol–water partition coefficient (Wildman–Crippen LogP) is 12.7. The van der Waals surface area contributed by atoms with Crippen LogP contribution in [0.15, 0.2) is 291 Å². The molecule has 0 aromatic heterocycles. The van der Waals surface area contributed by atoms with Crippen molar-refractivity contribution in [3.8, 4) is 11.5 Å². The first-order valence-corrected chi connectivity index (χ1v) is 31.8. The molecule has 0 spiro atoms. The Labute approximate surface area is 567 Å². The van der Waals surface area contributed by atoms with Gasteiger partial charge in [0.05, 0.1) is 0 Å². The molecule has 6 amide bonds. The number of benzene rings is 11. The molecule has 16 nitrogen and oxygen atoms in total. The summed E-state index contributed by atoms with van der Waals surface area (Å²) >= 11 is 0. The summed E-state index contributed by atoms with van der Waals surface area (Å²) in [5.41, 5.74) is 10.8. The fraction of sp³-hybridized carbons (Fsp3) is 0.0976. The first kappa shape index (κ1) is 66.6. The van der Waals surface area contributed by atoms with E-state index in [1.807, 2.05) is 170 Å². The van der Waals surface area contributed by atoms with Crippen LogP contribution in [0.3, 0.4) is 0 Å². The maximum Gasteiger partial charge on any atom is 0.323 e. The Balaban J connectivity index is 0.000000212. The van der Waals surface area contributed by atoms with Gasteiger partial charge in [0.2, 0.25) is 0 Å². The monoisotopic (exact) mass is 1300 g/mol. The second-order valence-electron chi connectivity index (χ2n) is 23.1. The van der Waals surface area contributed by atoms with E-state index in [1.165, 1.54) is 0 Å². The Morgan fingerprint density at radius 3 is 0.847 bits per heavy atom. The second-order valence-corrected chi connectivity index (χ2v) is 23.1. The van der Waals surface area contributed by atoms with Gasteiger partial charge < -0.3 is 41.4 Å². The van der Waals surface area contributed by atoms with Gasteiger partial charge in [0.15, 0.2) is 0 Å². The molecular formula is C82H68N6O10. The van der Waals surface area contributed by atoms with E-state index in [9.17, 15) is 38.4 Å². The van der Waals surface area contributed by atoms with Crippen LogP contribution in [0.5, 0.6) is 11.5 Å². The van der Waals surface area contributed by atoms with Crippen molar-refractivity contribution < 1.29 is 47.8 Å². The molecule has 0 saturated carbocycles. The summed E-state index contributed by atoms with van der Waals surface area (Å²) in [4.78, 5) is 104. The van der Waals surface area contributed by atoms with Gasteiger partial charge in [0.1, 0.15) is 23.3 Å². The number of amides is 6. The van der Waals surface area contributed by atoms with Crippen LogP contribution in [0.1, 0.15) is 130 Å². The van der Waals surface area contributed by atoms with Crippen molar-refractivity contribution in [2.75, 3.05) is 0 Å². The van der Waals surface area contributed by atoms with Gasteiger partial charge in [-0.3, -0.25) is 38.4 Å². The number of hydrogen-bond acceptors (Lipinski definition) is 10. The molecule has 6 N–H and O–H groups in total. The van der Waals surface area contributed by atoms with Crippen molar-refractivity contribution in [3.05, 3.63) is 380 Å². The summed E-state index contributed by atoms with van der Waals surface area (Å²) in [6, 6.07) is 86.7. The third kappa shape index (κ3) is 18.3. The molecule has 8 bridgehead atoms. The molecular weight excluding hydrogens is 1230 g/mol. The Hall–Kier alpha value is -12.8. The van der Waals surface area contributed by atoms with E-state index in [0.29, 0.717) is 71.1 Å². The predicted molar refractivity (Wildman–Crippen MR) is 373 cm³/mol. The lowest BCUT2D eigenvalue weighted by atomic mass is 9.91. The number of carbonyl (C=O) groups is 8. The Morgan fingerprint density at radius 2 is 0.571 bits per heavy atom. The Kier molecular flexibility index (Phi) is 22.3. The molecule has 11 aromatic carbocycles. The summed E-state index contributed by atoms with van der Waals surface area (Å²) in [7, 11) is 0. The van der Waals surface area contributed by atoms with Crippen molar-refractivity contribution in [1.29, 1.82) is 0 Å². The van der Waals surface area contributed by atoms with Crippen LogP contribution in [0, 0.1) is 0 Å². The van der Waals surface area contributed by atoms with E-state index in [4.69, 9.17) is 9.47 Å². The van der Waals surface area contributed by atoms with Gasteiger partial charge in [-0.2, -0.15) is 0 Å². The van der Waals surface area contributed by atoms with Crippen molar-refractivity contribution >= 4 is 47.4 Å². The van der Waals surface area contributed by atoms with Gasteiger partial charge in [-0.05, 0) is 134 Å². The highest BCUT2D eigenvalue weighted by atomic mass is 16.5. The number of rotatable bonds is 14. The zero-order chi connectivity index (χ0) is 68.0. The van der Waals surface area contributed by atoms with E-state index in [2.05, 4.69) is 31.9 Å². The molecule has 0 atom stereocenters. The van der Waals surface area contributed by atoms with Crippen LogP contribution >= 0.6 is 0 Å². The number of carbonyl (C=O) groups excluding carboxylic acids is 8. The number of nitrogens with one attached hydrogen (secondary N) is 6. The van der Waals surface area contributed by atoms with Crippen LogP contribution in [-0.2, 0) is 48.9 Å². The number of esters is 2. The van der Waals surface area contributed by atoms with Crippen molar-refractivity contribution in [3.63, 3.8) is 0 Å². The Morgan fingerprint density at radius 1 is 0.306 bits per heavy atom. The van der Waals surface area contributed by atoms with E-state index in [1.54, 1.807) is 121 Å². The summed E-state index contributed by atoms with van der Waals surface area (Å²) in [6.07, 6.45) is 0. The highest BCUT2D eigenvalue weighted by Crippen LogP contribution is 2.29. The zero-order valence-electron chi connectivity index (χ0n) is 53.2. The van der Waals surface area contributed by atoms with Crippen LogP contribution in [0.25, 0.3) is 0 Å². The molecule has 0 radical (unpaired) electrons. The fourth-order valence-electron chi connectivity index (χ4n) is 10.9. The minimum Gasteiger partial charge on any atom is -0.426 e. The van der Waals surface area contributed by atoms with Gasteiger partial charge in [-0.1, -0.05) is 212 Å². The van der Waals surface area contributed by atoms with Gasteiger partial charge in [-0.15, -0.1) is 0 Å². The third-order valence-corrected chi connectivity index (χ3v) is 16.2. The SMILES string of the molecule is O=C(NCc1ccc(OC(=O)C(c2ccccc2)c2ccccc2)cc1)c1cccc(C(=O)NCc2ccc(OC(=O)C(c3ccccc3)c3ccccc3)cc2)c1.O=C1NCc2ccc(cc2)CNC(=O)c2cccc(c2)C(=O)NCc2ccc(cc2)CNC(=O)c2cccc1c2. The molecule has 0 fully saturated rings. The average Bonchev–Trinajstić information content (AvgIpc) is 0.871. The minimum atomic E-state index is -0.580. The number of ether oxygens (including phenoxy) is 2. The molecule has 0 unspecified atom stereocenters. The van der Waals surface area contributed by atoms with Crippen LogP contribution in [0.4, 0.5) is 0 Å². The van der Waals surface area contributed by atoms with Crippen LogP contribution in [-0.4, -0.2) is 47.4 Å². The summed E-state index contributed by atoms with van der Waals surface area (Å²) in [5.74, 6) is -2.96. The zero-order valence-corrected chi connectivity index (χ0v) is 53.2.